The predicted octanol–water partition coefficient (Wildman–Crippen LogP) is 1.52. The number of halogens is 3. The average molecular weight is 460 g/mol. The normalized spacial score (nSPS) is 22.2. The monoisotopic (exact) mass is 460 g/mol. The number of pyridine rings is 1. The van der Waals surface area contributed by atoms with Gasteiger partial charge in [-0.05, 0) is 30.7 Å². The van der Waals surface area contributed by atoms with Gasteiger partial charge in [-0.25, -0.2) is 4.98 Å². The van der Waals surface area contributed by atoms with Gasteiger partial charge in [-0.15, -0.1) is 0 Å². The molecule has 0 bridgehead atoms. The van der Waals surface area contributed by atoms with Crippen LogP contribution in [0.25, 0.3) is 0 Å². The first kappa shape index (κ1) is 22.1. The van der Waals surface area contributed by atoms with Crippen molar-refractivity contribution in [3.63, 3.8) is 0 Å². The molecule has 3 heterocycles. The number of alkyl halides is 3. The number of carbonyl (C=O) groups excluding carboxylic acids is 2. The zero-order valence-corrected chi connectivity index (χ0v) is 17.0. The van der Waals surface area contributed by atoms with Crippen molar-refractivity contribution in [2.24, 2.45) is 10.7 Å². The van der Waals surface area contributed by atoms with Crippen LogP contribution in [0.5, 0.6) is 11.6 Å². The molecule has 2 aromatic rings. The molecule has 1 aromatic carbocycles. The Morgan fingerprint density at radius 3 is 2.55 bits per heavy atom. The molecule has 0 saturated carbocycles. The maximum atomic E-state index is 12.7. The number of nitrogens with two attached hydrogens (primary N) is 1. The molecule has 9 nitrogen and oxygen atoms in total. The number of nitrogens with zero attached hydrogens (tertiary/aromatic N) is 2. The number of hydrogen-bond acceptors (Lipinski definition) is 7. The fourth-order valence-corrected chi connectivity index (χ4v) is 3.40. The van der Waals surface area contributed by atoms with E-state index in [0.29, 0.717) is 30.5 Å². The first-order valence-corrected chi connectivity index (χ1v) is 9.87. The minimum absolute atomic E-state index is 0.0292. The van der Waals surface area contributed by atoms with Crippen LogP contribution in [-0.2, 0) is 21.4 Å². The number of benzene rings is 1. The van der Waals surface area contributed by atoms with Gasteiger partial charge in [-0.1, -0.05) is 12.1 Å². The van der Waals surface area contributed by atoms with Crippen LogP contribution in [0.1, 0.15) is 17.5 Å². The Morgan fingerprint density at radius 2 is 1.97 bits per heavy atom. The Hall–Kier alpha value is -4.09. The Kier molecular flexibility index (Phi) is 5.66. The van der Waals surface area contributed by atoms with E-state index in [2.05, 4.69) is 25.9 Å². The average Bonchev–Trinajstić information content (AvgIpc) is 3.18. The van der Waals surface area contributed by atoms with Gasteiger partial charge in [0.1, 0.15) is 17.6 Å². The number of aliphatic imine (C=N–C) groups is 1. The van der Waals surface area contributed by atoms with E-state index in [1.165, 1.54) is 18.3 Å². The Balaban J connectivity index is 1.50. The summed E-state index contributed by atoms with van der Waals surface area (Å²) in [6.07, 6.45) is -0.235. The van der Waals surface area contributed by atoms with Crippen LogP contribution in [0.4, 0.5) is 13.2 Å². The summed E-state index contributed by atoms with van der Waals surface area (Å²) in [6.45, 7) is 0.550. The first-order chi connectivity index (χ1) is 15.7. The lowest BCUT2D eigenvalue weighted by molar-refractivity contribution is -0.137. The third-order valence-corrected chi connectivity index (χ3v) is 5.12. The SMILES string of the molecule is NC(=O)[C@]1(c2ccc(Oc3ccc(C(F)(F)F)cn3)cc2)N=CC=C(NC2CCNC2=O)N1. The lowest BCUT2D eigenvalue weighted by atomic mass is 9.98. The van der Waals surface area contributed by atoms with Crippen molar-refractivity contribution in [1.82, 2.24) is 20.9 Å². The molecule has 1 aromatic heterocycles. The highest BCUT2D eigenvalue weighted by atomic mass is 19.4. The summed E-state index contributed by atoms with van der Waals surface area (Å²) in [5.41, 5.74) is 3.54. The second-order valence-corrected chi connectivity index (χ2v) is 7.34. The number of ether oxygens (including phenoxy) is 1. The summed E-state index contributed by atoms with van der Waals surface area (Å²) < 4.78 is 43.5. The maximum Gasteiger partial charge on any atom is 0.417 e. The van der Waals surface area contributed by atoms with E-state index < -0.39 is 29.4 Å². The quantitative estimate of drug-likeness (QED) is 0.517. The number of amides is 2. The van der Waals surface area contributed by atoms with Crippen molar-refractivity contribution in [3.8, 4) is 11.6 Å². The molecule has 4 rings (SSSR count). The van der Waals surface area contributed by atoms with Crippen LogP contribution < -0.4 is 26.4 Å². The Labute approximate surface area is 185 Å². The van der Waals surface area contributed by atoms with Gasteiger partial charge in [0.15, 0.2) is 0 Å². The van der Waals surface area contributed by atoms with Crippen molar-refractivity contribution in [1.29, 1.82) is 0 Å². The van der Waals surface area contributed by atoms with Gasteiger partial charge < -0.3 is 26.4 Å². The van der Waals surface area contributed by atoms with Gasteiger partial charge in [-0.2, -0.15) is 13.2 Å². The van der Waals surface area contributed by atoms with Crippen LogP contribution in [0, 0.1) is 0 Å². The standard InChI is InChI=1S/C21H19F3N6O3/c22-21(23,24)13-3-6-17(27-11-13)33-14-4-1-12(2-5-14)20(19(25)32)28-10-8-16(30-20)29-15-7-9-26-18(15)31/h1-6,8,10-11,15,29-30H,7,9H2,(H2,25,32)(H,26,31)/t15?,20-/m1/s1. The van der Waals surface area contributed by atoms with E-state index >= 15 is 0 Å². The summed E-state index contributed by atoms with van der Waals surface area (Å²) in [4.78, 5) is 32.1. The zero-order valence-electron chi connectivity index (χ0n) is 17.0. The van der Waals surface area contributed by atoms with Crippen molar-refractivity contribution in [2.45, 2.75) is 24.3 Å². The van der Waals surface area contributed by atoms with Crippen LogP contribution in [-0.4, -0.2) is 35.6 Å². The molecule has 172 valence electrons. The van der Waals surface area contributed by atoms with Gasteiger partial charge in [0, 0.05) is 30.6 Å². The summed E-state index contributed by atoms with van der Waals surface area (Å²) in [7, 11) is 0. The molecule has 2 atom stereocenters. The highest BCUT2D eigenvalue weighted by molar-refractivity contribution is 5.90. The summed E-state index contributed by atoms with van der Waals surface area (Å²) in [5.74, 6) is -0.274. The van der Waals surface area contributed by atoms with E-state index in [-0.39, 0.29) is 17.5 Å². The fraction of sp³-hybridized carbons (Fsp3) is 0.238. The van der Waals surface area contributed by atoms with Gasteiger partial charge in [0.05, 0.1) is 5.56 Å². The number of allylic oxidation sites excluding steroid dienone is 1. The van der Waals surface area contributed by atoms with Crippen LogP contribution in [0.3, 0.4) is 0 Å². The zero-order chi connectivity index (χ0) is 23.6. The third kappa shape index (κ3) is 4.59. The molecular weight excluding hydrogens is 441 g/mol. The number of carbonyl (C=O) groups is 2. The maximum absolute atomic E-state index is 12.7. The van der Waals surface area contributed by atoms with Crippen LogP contribution in [0.15, 0.2) is 59.5 Å². The van der Waals surface area contributed by atoms with E-state index in [0.717, 1.165) is 12.1 Å². The molecule has 1 saturated heterocycles. The Morgan fingerprint density at radius 1 is 1.21 bits per heavy atom. The molecule has 1 unspecified atom stereocenters. The molecule has 0 aliphatic carbocycles. The minimum atomic E-state index is -4.49. The molecule has 33 heavy (non-hydrogen) atoms. The van der Waals surface area contributed by atoms with Gasteiger partial charge >= 0.3 is 6.18 Å². The van der Waals surface area contributed by atoms with E-state index in [1.807, 2.05) is 0 Å². The van der Waals surface area contributed by atoms with E-state index in [9.17, 15) is 22.8 Å². The van der Waals surface area contributed by atoms with Gasteiger partial charge in [-0.3, -0.25) is 14.6 Å². The fourth-order valence-electron chi connectivity index (χ4n) is 3.40. The highest BCUT2D eigenvalue weighted by Gasteiger charge is 2.40. The molecule has 2 aliphatic rings. The smallest absolute Gasteiger partial charge is 0.417 e. The van der Waals surface area contributed by atoms with Gasteiger partial charge in [0.2, 0.25) is 17.5 Å². The van der Waals surface area contributed by atoms with Crippen molar-refractivity contribution < 1.29 is 27.5 Å². The third-order valence-electron chi connectivity index (χ3n) is 5.12. The number of aromatic nitrogens is 1. The molecule has 2 amide bonds. The Bertz CT molecular complexity index is 1120. The molecule has 2 aliphatic heterocycles. The van der Waals surface area contributed by atoms with Crippen LogP contribution >= 0.6 is 0 Å². The number of primary amides is 1. The minimum Gasteiger partial charge on any atom is -0.439 e. The van der Waals surface area contributed by atoms with Crippen LogP contribution in [0.2, 0.25) is 0 Å². The predicted molar refractivity (Wildman–Crippen MR) is 111 cm³/mol. The summed E-state index contributed by atoms with van der Waals surface area (Å²) in [5, 5.41) is 8.70. The number of nitrogens with one attached hydrogen (secondary N) is 3. The van der Waals surface area contributed by atoms with Gasteiger partial charge in [0.25, 0.3) is 5.91 Å². The largest absolute Gasteiger partial charge is 0.439 e. The molecule has 12 heteroatoms. The van der Waals surface area contributed by atoms with Crippen molar-refractivity contribution in [2.75, 3.05) is 6.54 Å². The van der Waals surface area contributed by atoms with Crippen molar-refractivity contribution in [3.05, 3.63) is 65.6 Å². The first-order valence-electron chi connectivity index (χ1n) is 9.87. The molecule has 1 fully saturated rings. The topological polar surface area (TPSA) is 131 Å². The lowest BCUT2D eigenvalue weighted by Gasteiger charge is -2.33. The molecular formula is C21H19F3N6O3. The second-order valence-electron chi connectivity index (χ2n) is 7.34. The summed E-state index contributed by atoms with van der Waals surface area (Å²) >= 11 is 0. The van der Waals surface area contributed by atoms with E-state index in [1.54, 1.807) is 18.2 Å². The highest BCUT2D eigenvalue weighted by Crippen LogP contribution is 2.31. The summed E-state index contributed by atoms with van der Waals surface area (Å²) in [6, 6.07) is 7.62. The number of rotatable bonds is 6. The number of hydrogen-bond donors (Lipinski definition) is 4. The van der Waals surface area contributed by atoms with E-state index in [4.69, 9.17) is 10.5 Å². The molecule has 0 radical (unpaired) electrons. The molecule has 0 spiro atoms. The molecule has 5 N–H and O–H groups in total. The van der Waals surface area contributed by atoms with Crippen molar-refractivity contribution >= 4 is 18.0 Å². The lowest BCUT2D eigenvalue weighted by Crippen LogP contribution is -2.55. The second kappa shape index (κ2) is 8.45.